The third kappa shape index (κ3) is 1.79. The number of oxazole rings is 1. The minimum absolute atomic E-state index is 0.348. The van der Waals surface area contributed by atoms with E-state index in [9.17, 15) is 4.79 Å². The van der Waals surface area contributed by atoms with Crippen LogP contribution in [0.4, 0.5) is 0 Å². The third-order valence-corrected chi connectivity index (χ3v) is 2.61. The number of aldehydes is 1. The molecule has 70 valence electrons. The van der Waals surface area contributed by atoms with Crippen molar-refractivity contribution in [1.29, 1.82) is 0 Å². The Morgan fingerprint density at radius 3 is 2.77 bits per heavy atom. The molecule has 1 heterocycles. The summed E-state index contributed by atoms with van der Waals surface area (Å²) in [7, 11) is 0. The van der Waals surface area contributed by atoms with Gasteiger partial charge in [0.2, 0.25) is 0 Å². The topological polar surface area (TPSA) is 43.1 Å². The zero-order valence-corrected chi connectivity index (χ0v) is 7.53. The average Bonchev–Trinajstić information content (AvgIpc) is 2.67. The predicted octanol–water partition coefficient (Wildman–Crippen LogP) is 2.53. The van der Waals surface area contributed by atoms with Crippen LogP contribution in [-0.2, 0) is 0 Å². The maximum atomic E-state index is 10.4. The lowest BCUT2D eigenvalue weighted by molar-refractivity contribution is 0.109. The van der Waals surface area contributed by atoms with Gasteiger partial charge in [0.15, 0.2) is 17.9 Å². The van der Waals surface area contributed by atoms with Gasteiger partial charge >= 0.3 is 0 Å². The number of nitrogens with zero attached hydrogens (tertiary/aromatic N) is 1. The molecule has 0 bridgehead atoms. The summed E-state index contributed by atoms with van der Waals surface area (Å²) in [5.74, 6) is 1.55. The summed E-state index contributed by atoms with van der Waals surface area (Å²) in [5, 5.41) is 0. The first-order valence-electron chi connectivity index (χ1n) is 4.81. The Morgan fingerprint density at radius 2 is 2.15 bits per heavy atom. The lowest BCUT2D eigenvalue weighted by Crippen LogP contribution is -2.04. The van der Waals surface area contributed by atoms with E-state index in [0.717, 1.165) is 18.7 Å². The van der Waals surface area contributed by atoms with E-state index in [1.165, 1.54) is 25.5 Å². The Bertz CT molecular complexity index is 287. The van der Waals surface area contributed by atoms with Crippen LogP contribution in [-0.4, -0.2) is 11.3 Å². The highest BCUT2D eigenvalue weighted by molar-refractivity contribution is 5.69. The van der Waals surface area contributed by atoms with Crippen LogP contribution >= 0.6 is 0 Å². The Labute approximate surface area is 77.2 Å². The largest absolute Gasteiger partial charge is 0.438 e. The highest BCUT2D eigenvalue weighted by Crippen LogP contribution is 2.31. The van der Waals surface area contributed by atoms with Gasteiger partial charge in [-0.25, -0.2) is 4.98 Å². The molecule has 1 aliphatic rings. The average molecular weight is 179 g/mol. The minimum atomic E-state index is 0.348. The molecule has 1 fully saturated rings. The molecule has 0 aliphatic heterocycles. The van der Waals surface area contributed by atoms with E-state index in [4.69, 9.17) is 4.42 Å². The van der Waals surface area contributed by atoms with Gasteiger partial charge < -0.3 is 4.42 Å². The molecule has 1 aromatic rings. The van der Waals surface area contributed by atoms with Gasteiger partial charge in [-0.05, 0) is 12.8 Å². The van der Waals surface area contributed by atoms with Crippen molar-refractivity contribution < 1.29 is 9.21 Å². The molecule has 0 atom stereocenters. The van der Waals surface area contributed by atoms with E-state index in [-0.39, 0.29) is 0 Å². The molecule has 1 saturated carbocycles. The van der Waals surface area contributed by atoms with Crippen molar-refractivity contribution in [2.45, 2.75) is 38.0 Å². The molecular weight excluding hydrogens is 166 g/mol. The van der Waals surface area contributed by atoms with Crippen molar-refractivity contribution in [2.75, 3.05) is 0 Å². The molecule has 1 aliphatic carbocycles. The number of hydrogen-bond acceptors (Lipinski definition) is 3. The number of carbonyl (C=O) groups excluding carboxylic acids is 1. The molecule has 0 radical (unpaired) electrons. The molecule has 3 nitrogen and oxygen atoms in total. The van der Waals surface area contributed by atoms with E-state index in [0.29, 0.717) is 18.0 Å². The summed E-state index contributed by atoms with van der Waals surface area (Å²) >= 11 is 0. The quantitative estimate of drug-likeness (QED) is 0.655. The molecule has 0 aromatic carbocycles. The Balaban J connectivity index is 2.09. The van der Waals surface area contributed by atoms with Crippen molar-refractivity contribution in [2.24, 2.45) is 0 Å². The van der Waals surface area contributed by atoms with Crippen molar-refractivity contribution in [3.8, 4) is 0 Å². The standard InChI is InChI=1S/C10H13NO2/c12-7-9-6-11-10(13-9)8-4-2-1-3-5-8/h6-8H,1-5H2. The van der Waals surface area contributed by atoms with Crippen LogP contribution in [0.1, 0.15) is 54.5 Å². The number of hydrogen-bond donors (Lipinski definition) is 0. The second kappa shape index (κ2) is 3.73. The molecule has 0 amide bonds. The highest BCUT2D eigenvalue weighted by Gasteiger charge is 2.19. The number of carbonyl (C=O) groups is 1. The van der Waals surface area contributed by atoms with Gasteiger partial charge in [0, 0.05) is 5.92 Å². The van der Waals surface area contributed by atoms with Crippen LogP contribution in [0.3, 0.4) is 0 Å². The SMILES string of the molecule is O=Cc1cnc(C2CCCCC2)o1. The van der Waals surface area contributed by atoms with Gasteiger partial charge in [-0.3, -0.25) is 4.79 Å². The highest BCUT2D eigenvalue weighted by atomic mass is 16.4. The molecule has 2 rings (SSSR count). The first-order chi connectivity index (χ1) is 6.40. The van der Waals surface area contributed by atoms with Gasteiger partial charge in [-0.2, -0.15) is 0 Å². The summed E-state index contributed by atoms with van der Waals surface area (Å²) in [6.07, 6.45) is 8.35. The van der Waals surface area contributed by atoms with Crippen molar-refractivity contribution in [3.05, 3.63) is 17.8 Å². The first kappa shape index (κ1) is 8.48. The maximum Gasteiger partial charge on any atom is 0.198 e. The Hall–Kier alpha value is -1.12. The van der Waals surface area contributed by atoms with Gasteiger partial charge in [-0.1, -0.05) is 19.3 Å². The first-order valence-corrected chi connectivity index (χ1v) is 4.81. The van der Waals surface area contributed by atoms with Crippen LogP contribution in [0.25, 0.3) is 0 Å². The Kier molecular flexibility index (Phi) is 2.43. The van der Waals surface area contributed by atoms with Crippen LogP contribution < -0.4 is 0 Å². The molecule has 0 unspecified atom stereocenters. The van der Waals surface area contributed by atoms with E-state index in [1.807, 2.05) is 0 Å². The summed E-state index contributed by atoms with van der Waals surface area (Å²) in [6.45, 7) is 0. The summed E-state index contributed by atoms with van der Waals surface area (Å²) in [4.78, 5) is 14.5. The molecule has 0 saturated heterocycles. The molecule has 3 heteroatoms. The monoisotopic (exact) mass is 179 g/mol. The van der Waals surface area contributed by atoms with Crippen LogP contribution in [0.2, 0.25) is 0 Å². The van der Waals surface area contributed by atoms with E-state index >= 15 is 0 Å². The summed E-state index contributed by atoms with van der Waals surface area (Å²) < 4.78 is 5.29. The van der Waals surface area contributed by atoms with Crippen LogP contribution in [0, 0.1) is 0 Å². The van der Waals surface area contributed by atoms with Crippen LogP contribution in [0.15, 0.2) is 10.6 Å². The second-order valence-electron chi connectivity index (χ2n) is 3.55. The molecule has 0 spiro atoms. The second-order valence-corrected chi connectivity index (χ2v) is 3.55. The van der Waals surface area contributed by atoms with Crippen molar-refractivity contribution in [3.63, 3.8) is 0 Å². The molecule has 1 aromatic heterocycles. The van der Waals surface area contributed by atoms with Gasteiger partial charge in [0.1, 0.15) is 0 Å². The molecular formula is C10H13NO2. The lowest BCUT2D eigenvalue weighted by Gasteiger charge is -2.17. The fourth-order valence-corrected chi connectivity index (χ4v) is 1.89. The van der Waals surface area contributed by atoms with Gasteiger partial charge in [-0.15, -0.1) is 0 Å². The summed E-state index contributed by atoms with van der Waals surface area (Å²) in [6, 6.07) is 0. The van der Waals surface area contributed by atoms with E-state index in [2.05, 4.69) is 4.98 Å². The predicted molar refractivity (Wildman–Crippen MR) is 47.7 cm³/mol. The Morgan fingerprint density at radius 1 is 1.38 bits per heavy atom. The zero-order valence-electron chi connectivity index (χ0n) is 7.53. The smallest absolute Gasteiger partial charge is 0.198 e. The van der Waals surface area contributed by atoms with Gasteiger partial charge in [0.05, 0.1) is 6.20 Å². The third-order valence-electron chi connectivity index (χ3n) is 2.61. The number of aromatic nitrogens is 1. The molecule has 13 heavy (non-hydrogen) atoms. The minimum Gasteiger partial charge on any atom is -0.438 e. The van der Waals surface area contributed by atoms with E-state index in [1.54, 1.807) is 0 Å². The lowest BCUT2D eigenvalue weighted by atomic mass is 9.89. The van der Waals surface area contributed by atoms with Crippen molar-refractivity contribution in [1.82, 2.24) is 4.98 Å². The van der Waals surface area contributed by atoms with Crippen molar-refractivity contribution >= 4 is 6.29 Å². The summed E-state index contributed by atoms with van der Waals surface area (Å²) in [5.41, 5.74) is 0. The van der Waals surface area contributed by atoms with Gasteiger partial charge in [0.25, 0.3) is 0 Å². The number of rotatable bonds is 2. The fraction of sp³-hybridized carbons (Fsp3) is 0.600. The van der Waals surface area contributed by atoms with E-state index < -0.39 is 0 Å². The fourth-order valence-electron chi connectivity index (χ4n) is 1.89. The maximum absolute atomic E-state index is 10.4. The normalized spacial score (nSPS) is 18.8. The van der Waals surface area contributed by atoms with Crippen LogP contribution in [0.5, 0.6) is 0 Å². The molecule has 0 N–H and O–H groups in total. The zero-order chi connectivity index (χ0) is 9.10.